The van der Waals surface area contributed by atoms with Crippen molar-refractivity contribution in [3.8, 4) is 18.2 Å². The number of nitrogens with zero attached hydrogens (tertiary/aromatic N) is 3. The van der Waals surface area contributed by atoms with Crippen molar-refractivity contribution in [3.05, 3.63) is 121 Å². The summed E-state index contributed by atoms with van der Waals surface area (Å²) in [6.45, 7) is 0. The second-order valence-electron chi connectivity index (χ2n) is 8.42. The van der Waals surface area contributed by atoms with E-state index in [0.717, 1.165) is 18.2 Å². The number of hydrogen-bond donors (Lipinski definition) is 0. The average Bonchev–Trinajstić information content (AvgIpc) is 3.74. The largest absolute Gasteiger partial charge is 0.203 e. The molecule has 0 amide bonds. The van der Waals surface area contributed by atoms with E-state index >= 15 is 0 Å². The van der Waals surface area contributed by atoms with Gasteiger partial charge in [0.25, 0.3) is 0 Å². The van der Waals surface area contributed by atoms with Crippen LogP contribution in [0.15, 0.2) is 16.7 Å². The van der Waals surface area contributed by atoms with Gasteiger partial charge in [-0.3, -0.25) is 0 Å². The van der Waals surface area contributed by atoms with Crippen molar-refractivity contribution in [2.45, 2.75) is 0 Å². The Labute approximate surface area is 237 Å². The van der Waals surface area contributed by atoms with Gasteiger partial charge < -0.3 is 0 Å². The Kier molecular flexibility index (Phi) is 7.94. The van der Waals surface area contributed by atoms with Gasteiger partial charge in [-0.25, -0.2) is 65.9 Å². The summed E-state index contributed by atoms with van der Waals surface area (Å²) >= 11 is 0. The maximum atomic E-state index is 14.7. The zero-order chi connectivity index (χ0) is 34.0. The number of allylic oxidation sites excluding steroid dienone is 6. The molecule has 18 heteroatoms. The molecule has 3 aromatic rings. The minimum Gasteiger partial charge on any atom is -0.203 e. The van der Waals surface area contributed by atoms with E-state index in [1.54, 1.807) is 0 Å². The molecule has 1 aliphatic carbocycles. The first-order valence-corrected chi connectivity index (χ1v) is 11.0. The molecule has 3 nitrogen and oxygen atoms in total. The predicted molar refractivity (Wildman–Crippen MR) is 116 cm³/mol. The number of nitriles is 3. The highest BCUT2D eigenvalue weighted by molar-refractivity contribution is 6.12. The molecule has 0 bridgehead atoms. The lowest BCUT2D eigenvalue weighted by atomic mass is 10.0. The standard InChI is InChI=1S/C27F15N3/c28-13-10(14(29)20(35)25(40)19(13)34)4(1-43)7-8(5(2-44)11-15(30)21(36)26(41)22(37)16(11)31)9(7)6(3-45)12-17(32)23(38)27(42)24(39)18(12)33. The number of halogens is 15. The molecule has 1 saturated carbocycles. The summed E-state index contributed by atoms with van der Waals surface area (Å²) in [7, 11) is 0. The van der Waals surface area contributed by atoms with E-state index in [1.807, 2.05) is 0 Å². The highest BCUT2D eigenvalue weighted by Crippen LogP contribution is 2.57. The summed E-state index contributed by atoms with van der Waals surface area (Å²) in [6, 6.07) is 2.53. The summed E-state index contributed by atoms with van der Waals surface area (Å²) in [5.41, 5.74) is -16.9. The zero-order valence-corrected chi connectivity index (χ0v) is 20.5. The molecule has 0 aromatic heterocycles. The predicted octanol–water partition coefficient (Wildman–Crippen LogP) is 8.02. The van der Waals surface area contributed by atoms with Gasteiger partial charge in [0.15, 0.2) is 69.8 Å². The van der Waals surface area contributed by atoms with Crippen molar-refractivity contribution < 1.29 is 65.9 Å². The quantitative estimate of drug-likeness (QED) is 0.125. The first kappa shape index (κ1) is 32.2. The van der Waals surface area contributed by atoms with Crippen LogP contribution in [-0.4, -0.2) is 0 Å². The highest BCUT2D eigenvalue weighted by Gasteiger charge is 2.46. The molecular formula is C27F15N3. The Morgan fingerprint density at radius 2 is 0.400 bits per heavy atom. The topological polar surface area (TPSA) is 71.4 Å². The summed E-state index contributed by atoms with van der Waals surface area (Å²) in [4.78, 5) is 0. The fourth-order valence-electron chi connectivity index (χ4n) is 4.12. The molecule has 45 heavy (non-hydrogen) atoms. The van der Waals surface area contributed by atoms with Crippen LogP contribution < -0.4 is 0 Å². The van der Waals surface area contributed by atoms with Crippen LogP contribution in [0.5, 0.6) is 0 Å². The first-order chi connectivity index (χ1) is 21.0. The van der Waals surface area contributed by atoms with Gasteiger partial charge in [0.2, 0.25) is 17.5 Å². The van der Waals surface area contributed by atoms with E-state index in [2.05, 4.69) is 0 Å². The third kappa shape index (κ3) is 4.47. The van der Waals surface area contributed by atoms with Crippen molar-refractivity contribution in [1.82, 2.24) is 0 Å². The monoisotopic (exact) mass is 651 g/mol. The van der Waals surface area contributed by atoms with Gasteiger partial charge in [-0.15, -0.1) is 0 Å². The Morgan fingerprint density at radius 3 is 0.533 bits per heavy atom. The average molecular weight is 651 g/mol. The van der Waals surface area contributed by atoms with Gasteiger partial charge in [-0.1, -0.05) is 0 Å². The third-order valence-electron chi connectivity index (χ3n) is 6.15. The van der Waals surface area contributed by atoms with Crippen molar-refractivity contribution in [2.24, 2.45) is 0 Å². The minimum absolute atomic E-state index is 0.844. The van der Waals surface area contributed by atoms with Crippen LogP contribution in [-0.2, 0) is 0 Å². The molecule has 0 unspecified atom stereocenters. The van der Waals surface area contributed by atoms with Gasteiger partial charge in [0.1, 0.15) is 18.2 Å². The maximum absolute atomic E-state index is 14.7. The van der Waals surface area contributed by atoms with Crippen LogP contribution in [0.25, 0.3) is 16.7 Å². The fraction of sp³-hybridized carbons (Fsp3) is 0. The molecular weight excluding hydrogens is 651 g/mol. The molecule has 0 heterocycles. The lowest BCUT2D eigenvalue weighted by Gasteiger charge is -2.07. The Morgan fingerprint density at radius 1 is 0.267 bits per heavy atom. The van der Waals surface area contributed by atoms with Crippen LogP contribution in [0.3, 0.4) is 0 Å². The molecule has 0 aliphatic heterocycles. The molecule has 0 atom stereocenters. The molecule has 4 rings (SSSR count). The molecule has 0 saturated heterocycles. The van der Waals surface area contributed by atoms with Crippen LogP contribution in [0.1, 0.15) is 16.7 Å². The molecule has 0 N–H and O–H groups in total. The Bertz CT molecular complexity index is 1800. The fourth-order valence-corrected chi connectivity index (χ4v) is 4.12. The lowest BCUT2D eigenvalue weighted by molar-refractivity contribution is 0.376. The van der Waals surface area contributed by atoms with E-state index in [4.69, 9.17) is 0 Å². The van der Waals surface area contributed by atoms with Gasteiger partial charge in [-0.05, 0) is 0 Å². The van der Waals surface area contributed by atoms with Crippen LogP contribution in [0.4, 0.5) is 65.9 Å². The number of benzene rings is 3. The van der Waals surface area contributed by atoms with Gasteiger partial charge in [-0.2, -0.15) is 15.8 Å². The summed E-state index contributed by atoms with van der Waals surface area (Å²) in [5.74, 6) is -41.6. The lowest BCUT2D eigenvalue weighted by Crippen LogP contribution is -2.07. The van der Waals surface area contributed by atoms with Crippen LogP contribution >= 0.6 is 0 Å². The second-order valence-corrected chi connectivity index (χ2v) is 8.42. The van der Waals surface area contributed by atoms with Gasteiger partial charge in [0, 0.05) is 16.7 Å². The molecule has 1 aliphatic rings. The van der Waals surface area contributed by atoms with Gasteiger partial charge in [0.05, 0.1) is 33.4 Å². The molecule has 1 fully saturated rings. The van der Waals surface area contributed by atoms with Crippen molar-refractivity contribution >= 4 is 16.7 Å². The van der Waals surface area contributed by atoms with E-state index in [1.165, 1.54) is 0 Å². The maximum Gasteiger partial charge on any atom is 0.200 e. The van der Waals surface area contributed by atoms with E-state index in [9.17, 15) is 81.6 Å². The summed E-state index contributed by atoms with van der Waals surface area (Å²) in [5, 5.41) is 28.9. The molecule has 0 spiro atoms. The highest BCUT2D eigenvalue weighted by atomic mass is 19.2. The summed E-state index contributed by atoms with van der Waals surface area (Å²) in [6.07, 6.45) is 0. The van der Waals surface area contributed by atoms with Gasteiger partial charge >= 0.3 is 0 Å². The van der Waals surface area contributed by atoms with Crippen molar-refractivity contribution in [2.75, 3.05) is 0 Å². The minimum atomic E-state index is -2.81. The smallest absolute Gasteiger partial charge is 0.200 e. The van der Waals surface area contributed by atoms with Crippen LogP contribution in [0, 0.1) is 121 Å². The number of hydrogen-bond acceptors (Lipinski definition) is 3. The summed E-state index contributed by atoms with van der Waals surface area (Å²) < 4.78 is 213. The SMILES string of the molecule is N#CC(=C1C(=C(C#N)c2c(F)c(F)c(F)c(F)c2F)C1=C(C#N)c1c(F)c(F)c(F)c(F)c1F)c1c(F)c(F)c(F)c(F)c1F. The van der Waals surface area contributed by atoms with Crippen molar-refractivity contribution in [3.63, 3.8) is 0 Å². The number of rotatable bonds is 3. The zero-order valence-electron chi connectivity index (χ0n) is 20.5. The Balaban J connectivity index is 2.36. The second kappa shape index (κ2) is 11.1. The van der Waals surface area contributed by atoms with E-state index in [0.29, 0.717) is 0 Å². The van der Waals surface area contributed by atoms with E-state index < -0.39 is 137 Å². The molecule has 3 aromatic carbocycles. The Hall–Kier alpha value is -5.70. The normalized spacial score (nSPS) is 12.1. The van der Waals surface area contributed by atoms with E-state index in [-0.39, 0.29) is 0 Å². The van der Waals surface area contributed by atoms with Crippen LogP contribution in [0.2, 0.25) is 0 Å². The first-order valence-electron chi connectivity index (χ1n) is 11.0. The molecule has 0 radical (unpaired) electrons. The third-order valence-corrected chi connectivity index (χ3v) is 6.15. The molecule has 228 valence electrons. The van der Waals surface area contributed by atoms with Crippen molar-refractivity contribution in [1.29, 1.82) is 15.8 Å².